The van der Waals surface area contributed by atoms with E-state index in [0.717, 1.165) is 23.9 Å². The van der Waals surface area contributed by atoms with Crippen molar-refractivity contribution in [3.63, 3.8) is 0 Å². The second-order valence-electron chi connectivity index (χ2n) is 4.46. The van der Waals surface area contributed by atoms with E-state index >= 15 is 0 Å². The molecule has 0 saturated carbocycles. The zero-order valence-electron chi connectivity index (χ0n) is 11.3. The number of anilines is 3. The van der Waals surface area contributed by atoms with E-state index in [4.69, 9.17) is 5.73 Å². The molecule has 1 aromatic carbocycles. The molecule has 0 spiro atoms. The third kappa shape index (κ3) is 3.66. The van der Waals surface area contributed by atoms with Crippen LogP contribution in [0.15, 0.2) is 36.7 Å². The van der Waals surface area contributed by atoms with Crippen molar-refractivity contribution in [1.29, 1.82) is 0 Å². The molecule has 0 bridgehead atoms. The fourth-order valence-corrected chi connectivity index (χ4v) is 1.72. The van der Waals surface area contributed by atoms with Crippen molar-refractivity contribution >= 4 is 17.3 Å². The van der Waals surface area contributed by atoms with Gasteiger partial charge in [-0.15, -0.1) is 0 Å². The first-order chi connectivity index (χ1) is 9.19. The number of hydrogen-bond donors (Lipinski definition) is 2. The Kier molecular flexibility index (Phi) is 4.30. The Hall–Kier alpha value is -2.14. The highest BCUT2D eigenvalue weighted by Crippen LogP contribution is 2.17. The molecule has 0 saturated heterocycles. The number of rotatable bonds is 5. The highest BCUT2D eigenvalue weighted by atomic mass is 15.2. The lowest BCUT2D eigenvalue weighted by Gasteiger charge is -2.17. The Morgan fingerprint density at radius 3 is 2.63 bits per heavy atom. The summed E-state index contributed by atoms with van der Waals surface area (Å²) >= 11 is 0. The Labute approximate surface area is 113 Å². The summed E-state index contributed by atoms with van der Waals surface area (Å²) in [6.45, 7) is 3.43. The lowest BCUT2D eigenvalue weighted by atomic mass is 10.2. The summed E-state index contributed by atoms with van der Waals surface area (Å²) in [5, 5.41) is 3.26. The standard InChI is InChI=1S/C14H19N5/c1-11-3-5-12(6-4-11)18-13-9-14(17-10-16-13)19(2)8-7-15/h3-6,9-10H,7-8,15H2,1-2H3,(H,16,17,18). The molecule has 0 amide bonds. The summed E-state index contributed by atoms with van der Waals surface area (Å²) in [6, 6.07) is 10.1. The van der Waals surface area contributed by atoms with Crippen LogP contribution in [-0.2, 0) is 0 Å². The number of hydrogen-bond acceptors (Lipinski definition) is 5. The van der Waals surface area contributed by atoms with Gasteiger partial charge >= 0.3 is 0 Å². The van der Waals surface area contributed by atoms with Gasteiger partial charge < -0.3 is 16.0 Å². The van der Waals surface area contributed by atoms with E-state index in [-0.39, 0.29) is 0 Å². The zero-order valence-corrected chi connectivity index (χ0v) is 11.3. The first-order valence-corrected chi connectivity index (χ1v) is 6.26. The Morgan fingerprint density at radius 1 is 1.21 bits per heavy atom. The van der Waals surface area contributed by atoms with Crippen LogP contribution in [0.5, 0.6) is 0 Å². The minimum Gasteiger partial charge on any atom is -0.358 e. The van der Waals surface area contributed by atoms with Gasteiger partial charge in [-0.3, -0.25) is 0 Å². The molecule has 5 nitrogen and oxygen atoms in total. The number of aryl methyl sites for hydroxylation is 1. The lowest BCUT2D eigenvalue weighted by molar-refractivity contribution is 0.864. The van der Waals surface area contributed by atoms with Gasteiger partial charge in [0.2, 0.25) is 0 Å². The summed E-state index contributed by atoms with van der Waals surface area (Å²) in [5.74, 6) is 1.63. The first kappa shape index (κ1) is 13.3. The second kappa shape index (κ2) is 6.15. The highest BCUT2D eigenvalue weighted by Gasteiger charge is 2.03. The number of nitrogens with one attached hydrogen (secondary N) is 1. The number of nitrogens with zero attached hydrogens (tertiary/aromatic N) is 3. The van der Waals surface area contributed by atoms with Crippen molar-refractivity contribution in [2.75, 3.05) is 30.4 Å². The SMILES string of the molecule is Cc1ccc(Nc2cc(N(C)CCN)ncn2)cc1. The molecule has 0 aliphatic rings. The van der Waals surface area contributed by atoms with E-state index in [1.54, 1.807) is 6.33 Å². The predicted molar refractivity (Wildman–Crippen MR) is 78.8 cm³/mol. The molecule has 0 atom stereocenters. The summed E-state index contributed by atoms with van der Waals surface area (Å²) in [6.07, 6.45) is 1.55. The van der Waals surface area contributed by atoms with Crippen LogP contribution < -0.4 is 16.0 Å². The Morgan fingerprint density at radius 2 is 1.95 bits per heavy atom. The van der Waals surface area contributed by atoms with Crippen LogP contribution in [0, 0.1) is 6.92 Å². The van der Waals surface area contributed by atoms with Crippen molar-refractivity contribution in [2.45, 2.75) is 6.92 Å². The molecule has 19 heavy (non-hydrogen) atoms. The van der Waals surface area contributed by atoms with Crippen molar-refractivity contribution in [1.82, 2.24) is 9.97 Å². The molecule has 100 valence electrons. The van der Waals surface area contributed by atoms with Gasteiger partial charge in [0.1, 0.15) is 18.0 Å². The summed E-state index contributed by atoms with van der Waals surface area (Å²) < 4.78 is 0. The molecule has 2 aromatic rings. The Bertz CT molecular complexity index is 524. The fraction of sp³-hybridized carbons (Fsp3) is 0.286. The minimum absolute atomic E-state index is 0.598. The largest absolute Gasteiger partial charge is 0.358 e. The van der Waals surface area contributed by atoms with Gasteiger partial charge in [0.05, 0.1) is 0 Å². The summed E-state index contributed by atoms with van der Waals surface area (Å²) in [7, 11) is 1.96. The molecule has 0 aliphatic heterocycles. The fourth-order valence-electron chi connectivity index (χ4n) is 1.72. The maximum Gasteiger partial charge on any atom is 0.135 e. The molecule has 0 aliphatic carbocycles. The van der Waals surface area contributed by atoms with Crippen LogP contribution in [0.1, 0.15) is 5.56 Å². The van der Waals surface area contributed by atoms with Crippen LogP contribution in [0.25, 0.3) is 0 Å². The quantitative estimate of drug-likeness (QED) is 0.856. The maximum atomic E-state index is 5.54. The number of nitrogens with two attached hydrogens (primary N) is 1. The number of aromatic nitrogens is 2. The van der Waals surface area contributed by atoms with E-state index in [1.165, 1.54) is 5.56 Å². The molecule has 1 heterocycles. The summed E-state index contributed by atoms with van der Waals surface area (Å²) in [4.78, 5) is 10.5. The first-order valence-electron chi connectivity index (χ1n) is 6.26. The molecule has 0 fully saturated rings. The average Bonchev–Trinajstić information content (AvgIpc) is 2.42. The van der Waals surface area contributed by atoms with Crippen LogP contribution in [0.2, 0.25) is 0 Å². The lowest BCUT2D eigenvalue weighted by Crippen LogP contribution is -2.25. The average molecular weight is 257 g/mol. The van der Waals surface area contributed by atoms with Crippen LogP contribution >= 0.6 is 0 Å². The molecular formula is C14H19N5. The molecule has 0 radical (unpaired) electrons. The monoisotopic (exact) mass is 257 g/mol. The van der Waals surface area contributed by atoms with Crippen molar-refractivity contribution in [3.8, 4) is 0 Å². The summed E-state index contributed by atoms with van der Waals surface area (Å²) in [5.41, 5.74) is 7.79. The molecular weight excluding hydrogens is 238 g/mol. The van der Waals surface area contributed by atoms with Gasteiger partial charge in [-0.1, -0.05) is 17.7 Å². The van der Waals surface area contributed by atoms with Gasteiger partial charge in [-0.2, -0.15) is 0 Å². The van der Waals surface area contributed by atoms with E-state index in [9.17, 15) is 0 Å². The second-order valence-corrected chi connectivity index (χ2v) is 4.46. The smallest absolute Gasteiger partial charge is 0.135 e. The van der Waals surface area contributed by atoms with E-state index in [0.29, 0.717) is 6.54 Å². The number of benzene rings is 1. The van der Waals surface area contributed by atoms with Gasteiger partial charge in [0, 0.05) is 31.9 Å². The molecule has 0 unspecified atom stereocenters. The van der Waals surface area contributed by atoms with Gasteiger partial charge in [-0.05, 0) is 19.1 Å². The van der Waals surface area contributed by atoms with E-state index in [1.807, 2.05) is 30.1 Å². The van der Waals surface area contributed by atoms with Gasteiger partial charge in [0.25, 0.3) is 0 Å². The van der Waals surface area contributed by atoms with Gasteiger partial charge in [-0.25, -0.2) is 9.97 Å². The van der Waals surface area contributed by atoms with Crippen LogP contribution in [0.4, 0.5) is 17.3 Å². The van der Waals surface area contributed by atoms with Gasteiger partial charge in [0.15, 0.2) is 0 Å². The topological polar surface area (TPSA) is 67.1 Å². The molecule has 3 N–H and O–H groups in total. The third-order valence-electron chi connectivity index (χ3n) is 2.83. The molecule has 5 heteroatoms. The van der Waals surface area contributed by atoms with Crippen molar-refractivity contribution in [2.24, 2.45) is 5.73 Å². The Balaban J connectivity index is 2.12. The highest BCUT2D eigenvalue weighted by molar-refractivity contribution is 5.59. The van der Waals surface area contributed by atoms with Crippen molar-refractivity contribution in [3.05, 3.63) is 42.2 Å². The zero-order chi connectivity index (χ0) is 13.7. The molecule has 1 aromatic heterocycles. The maximum absolute atomic E-state index is 5.54. The van der Waals surface area contributed by atoms with Crippen LogP contribution in [0.3, 0.4) is 0 Å². The van der Waals surface area contributed by atoms with E-state index in [2.05, 4.69) is 34.3 Å². The minimum atomic E-state index is 0.598. The van der Waals surface area contributed by atoms with Crippen molar-refractivity contribution < 1.29 is 0 Å². The predicted octanol–water partition coefficient (Wildman–Crippen LogP) is 1.92. The number of likely N-dealkylation sites (N-methyl/N-ethyl adjacent to an activating group) is 1. The normalized spacial score (nSPS) is 10.3. The van der Waals surface area contributed by atoms with E-state index < -0.39 is 0 Å². The van der Waals surface area contributed by atoms with Crippen LogP contribution in [-0.4, -0.2) is 30.1 Å². The molecule has 2 rings (SSSR count). The third-order valence-corrected chi connectivity index (χ3v) is 2.83.